The quantitative estimate of drug-likeness (QED) is 0.428. The maximum Gasteiger partial charge on any atom is 0.309 e. The van der Waals surface area contributed by atoms with Gasteiger partial charge in [-0.2, -0.15) is 0 Å². The monoisotopic (exact) mass is 522 g/mol. The van der Waals surface area contributed by atoms with Crippen molar-refractivity contribution in [2.45, 2.75) is 76.9 Å². The van der Waals surface area contributed by atoms with Gasteiger partial charge < -0.3 is 25.2 Å². The van der Waals surface area contributed by atoms with Crippen LogP contribution in [0.3, 0.4) is 0 Å². The van der Waals surface area contributed by atoms with Crippen molar-refractivity contribution in [3.8, 4) is 11.5 Å². The molecule has 0 aromatic heterocycles. The van der Waals surface area contributed by atoms with Crippen molar-refractivity contribution in [1.29, 1.82) is 0 Å². The molecule has 1 aromatic rings. The Bertz CT molecular complexity index is 1040. The zero-order valence-electron chi connectivity index (χ0n) is 21.4. The van der Waals surface area contributed by atoms with Crippen molar-refractivity contribution >= 4 is 17.8 Å². The number of aliphatic carboxylic acids is 1. The number of benzene rings is 1. The molecule has 10 heteroatoms. The van der Waals surface area contributed by atoms with Gasteiger partial charge in [-0.05, 0) is 64.4 Å². The van der Waals surface area contributed by atoms with Gasteiger partial charge in [0.1, 0.15) is 5.75 Å². The first-order valence-electron chi connectivity index (χ1n) is 13.0. The van der Waals surface area contributed by atoms with Crippen LogP contribution in [0.4, 0.5) is 8.78 Å². The Kier molecular flexibility index (Phi) is 7.94. The van der Waals surface area contributed by atoms with Gasteiger partial charge >= 0.3 is 5.97 Å². The van der Waals surface area contributed by atoms with E-state index in [2.05, 4.69) is 10.6 Å². The molecule has 3 saturated carbocycles. The molecule has 0 unspecified atom stereocenters. The maximum absolute atomic E-state index is 14.8. The van der Waals surface area contributed by atoms with Gasteiger partial charge in [0.25, 0.3) is 5.91 Å². The molecule has 2 amide bonds. The predicted molar refractivity (Wildman–Crippen MR) is 131 cm³/mol. The molecule has 8 nitrogen and oxygen atoms in total. The fraction of sp³-hybridized carbons (Fsp3) is 0.667. The molecule has 0 aliphatic heterocycles. The fourth-order valence-corrected chi connectivity index (χ4v) is 5.34. The number of halogens is 2. The number of rotatable bonds is 10. The summed E-state index contributed by atoms with van der Waals surface area (Å²) in [6.07, 6.45) is 4.91. The first-order valence-corrected chi connectivity index (χ1v) is 13.0. The van der Waals surface area contributed by atoms with E-state index in [0.717, 1.165) is 25.3 Å². The normalized spacial score (nSPS) is 28.3. The van der Waals surface area contributed by atoms with Crippen LogP contribution in [0.2, 0.25) is 0 Å². The summed E-state index contributed by atoms with van der Waals surface area (Å²) in [5, 5.41) is 15.2. The summed E-state index contributed by atoms with van der Waals surface area (Å²) in [5.74, 6) is -2.71. The smallest absolute Gasteiger partial charge is 0.309 e. The second-order valence-electron chi connectivity index (χ2n) is 11.1. The lowest BCUT2D eigenvalue weighted by molar-refractivity contribution is -0.150. The number of carboxylic acid groups (broad SMARTS) is 1. The van der Waals surface area contributed by atoms with E-state index in [4.69, 9.17) is 9.47 Å². The van der Waals surface area contributed by atoms with Gasteiger partial charge in [0.05, 0.1) is 36.8 Å². The Hall–Kier alpha value is -2.91. The van der Waals surface area contributed by atoms with E-state index in [1.165, 1.54) is 13.2 Å². The highest BCUT2D eigenvalue weighted by Gasteiger charge is 2.44. The second-order valence-corrected chi connectivity index (χ2v) is 11.1. The van der Waals surface area contributed by atoms with Crippen LogP contribution >= 0.6 is 0 Å². The molecule has 3 aliphatic carbocycles. The van der Waals surface area contributed by atoms with Gasteiger partial charge in [0.15, 0.2) is 11.6 Å². The van der Waals surface area contributed by atoms with Crippen molar-refractivity contribution < 1.29 is 37.7 Å². The first-order chi connectivity index (χ1) is 17.6. The van der Waals surface area contributed by atoms with Crippen LogP contribution in [0.5, 0.6) is 11.5 Å². The van der Waals surface area contributed by atoms with Crippen LogP contribution in [-0.4, -0.2) is 55.4 Å². The molecular formula is C27H36F2N2O6. The number of nitrogens with one attached hydrogen (secondary N) is 2. The number of ether oxygens (including phenoxy) is 2. The van der Waals surface area contributed by atoms with E-state index in [-0.39, 0.29) is 29.1 Å². The van der Waals surface area contributed by atoms with Gasteiger partial charge in [0.2, 0.25) is 5.91 Å². The van der Waals surface area contributed by atoms with E-state index >= 15 is 0 Å². The molecule has 0 bridgehead atoms. The van der Waals surface area contributed by atoms with E-state index in [9.17, 15) is 28.3 Å². The van der Waals surface area contributed by atoms with E-state index in [1.54, 1.807) is 6.92 Å². The Morgan fingerprint density at radius 2 is 1.78 bits per heavy atom. The third-order valence-electron chi connectivity index (χ3n) is 8.39. The summed E-state index contributed by atoms with van der Waals surface area (Å²) < 4.78 is 39.1. The van der Waals surface area contributed by atoms with Crippen LogP contribution in [0.15, 0.2) is 12.1 Å². The number of methoxy groups -OCH3 is 1. The average molecular weight is 523 g/mol. The highest BCUT2D eigenvalue weighted by Crippen LogP contribution is 2.45. The topological polar surface area (TPSA) is 114 Å². The van der Waals surface area contributed by atoms with Crippen LogP contribution < -0.4 is 20.1 Å². The minimum absolute atomic E-state index is 0.0436. The largest absolute Gasteiger partial charge is 0.496 e. The second kappa shape index (κ2) is 10.8. The Labute approximate surface area is 215 Å². The summed E-state index contributed by atoms with van der Waals surface area (Å²) in [6.45, 7) is 1.55. The van der Waals surface area contributed by atoms with Gasteiger partial charge in [-0.25, -0.2) is 4.39 Å². The highest BCUT2D eigenvalue weighted by molar-refractivity contribution is 5.98. The zero-order valence-corrected chi connectivity index (χ0v) is 21.4. The van der Waals surface area contributed by atoms with Crippen molar-refractivity contribution in [2.24, 2.45) is 16.7 Å². The molecule has 3 N–H and O–H groups in total. The molecule has 0 heterocycles. The average Bonchev–Trinajstić information content (AvgIpc) is 3.53. The number of alkyl halides is 1. The molecule has 0 saturated heterocycles. The van der Waals surface area contributed by atoms with Crippen LogP contribution in [0.1, 0.15) is 75.1 Å². The van der Waals surface area contributed by atoms with Gasteiger partial charge in [-0.3, -0.25) is 18.8 Å². The lowest BCUT2D eigenvalue weighted by atomic mass is 9.75. The number of hydrogen-bond acceptors (Lipinski definition) is 5. The lowest BCUT2D eigenvalue weighted by Gasteiger charge is -2.34. The Morgan fingerprint density at radius 1 is 1.08 bits per heavy atom. The molecule has 204 valence electrons. The highest BCUT2D eigenvalue weighted by atomic mass is 19.1. The van der Waals surface area contributed by atoms with Gasteiger partial charge in [-0.15, -0.1) is 0 Å². The Balaban J connectivity index is 1.41. The van der Waals surface area contributed by atoms with Gasteiger partial charge in [0, 0.05) is 24.1 Å². The standard InChI is InChI=1S/C27H36F2N2O6/c1-26(25(34)35)8-6-16(7-9-26)37-22-12-18(21(36-2)13-19(22)29)24(33)31-20-5-3-4-17(20)23(32)30-15-27(14-28)10-11-27/h12-13,16-17,20H,3-11,14-15H2,1-2H3,(H,30,32)(H,31,33)(H,34,35)/t16?,17-,20+,26?/m0/s1. The van der Waals surface area contributed by atoms with E-state index < -0.39 is 47.2 Å². The molecule has 0 radical (unpaired) electrons. The summed E-state index contributed by atoms with van der Waals surface area (Å²) in [6, 6.07) is 2.00. The molecule has 1 aromatic carbocycles. The molecule has 0 spiro atoms. The predicted octanol–water partition coefficient (Wildman–Crippen LogP) is 4.01. The summed E-state index contributed by atoms with van der Waals surface area (Å²) in [5.41, 5.74) is -1.15. The van der Waals surface area contributed by atoms with E-state index in [0.29, 0.717) is 45.1 Å². The maximum atomic E-state index is 14.8. The van der Waals surface area contributed by atoms with Crippen LogP contribution in [0, 0.1) is 22.6 Å². The number of amides is 2. The van der Waals surface area contributed by atoms with Crippen LogP contribution in [0.25, 0.3) is 0 Å². The minimum Gasteiger partial charge on any atom is -0.496 e. The number of hydrogen-bond donors (Lipinski definition) is 3. The van der Waals surface area contributed by atoms with Gasteiger partial charge in [-0.1, -0.05) is 6.42 Å². The third kappa shape index (κ3) is 5.99. The Morgan fingerprint density at radius 3 is 2.38 bits per heavy atom. The van der Waals surface area contributed by atoms with Crippen molar-refractivity contribution in [1.82, 2.24) is 10.6 Å². The summed E-state index contributed by atoms with van der Waals surface area (Å²) >= 11 is 0. The number of carboxylic acids is 1. The lowest BCUT2D eigenvalue weighted by Crippen LogP contribution is -2.45. The first kappa shape index (κ1) is 27.1. The summed E-state index contributed by atoms with van der Waals surface area (Å²) in [4.78, 5) is 37.5. The van der Waals surface area contributed by atoms with Crippen molar-refractivity contribution in [3.05, 3.63) is 23.5 Å². The molecule has 2 atom stereocenters. The summed E-state index contributed by atoms with van der Waals surface area (Å²) in [7, 11) is 1.34. The molecule has 4 rings (SSSR count). The molecule has 3 aliphatic rings. The molecule has 37 heavy (non-hydrogen) atoms. The minimum atomic E-state index is -0.853. The fourth-order valence-electron chi connectivity index (χ4n) is 5.34. The van der Waals surface area contributed by atoms with E-state index in [1.807, 2.05) is 0 Å². The SMILES string of the molecule is COc1cc(F)c(OC2CCC(C)(C(=O)O)CC2)cc1C(=O)N[C@@H]1CCC[C@@H]1C(=O)NCC1(CF)CC1. The number of carbonyl (C=O) groups excluding carboxylic acids is 2. The molecule has 3 fully saturated rings. The third-order valence-corrected chi connectivity index (χ3v) is 8.39. The number of carbonyl (C=O) groups is 3. The van der Waals surface area contributed by atoms with Crippen molar-refractivity contribution in [2.75, 3.05) is 20.3 Å². The van der Waals surface area contributed by atoms with Crippen molar-refractivity contribution in [3.63, 3.8) is 0 Å². The zero-order chi connectivity index (χ0) is 26.8. The van der Waals surface area contributed by atoms with Crippen LogP contribution in [-0.2, 0) is 9.59 Å². The molecular weight excluding hydrogens is 486 g/mol.